The summed E-state index contributed by atoms with van der Waals surface area (Å²) in [6.07, 6.45) is 2.87. The largest absolute Gasteiger partial charge is 0.468 e. The molecule has 1 aromatic heterocycles. The minimum absolute atomic E-state index is 0.844. The minimum Gasteiger partial charge on any atom is -0.468 e. The van der Waals surface area contributed by atoms with E-state index in [1.165, 1.54) is 16.8 Å². The number of rotatable bonds is 4. The number of nitrogens with one attached hydrogen (secondary N) is 1. The normalized spacial score (nSPS) is 13.7. The highest BCUT2D eigenvalue weighted by atomic mass is 16.3. The monoisotopic (exact) mass is 242 g/mol. The van der Waals surface area contributed by atoms with Crippen LogP contribution in [0.5, 0.6) is 0 Å². The van der Waals surface area contributed by atoms with E-state index in [2.05, 4.69) is 35.5 Å². The van der Waals surface area contributed by atoms with Crippen molar-refractivity contribution in [2.24, 2.45) is 0 Å². The Balaban J connectivity index is 1.71. The highest BCUT2D eigenvalue weighted by molar-refractivity contribution is 5.61. The Morgan fingerprint density at radius 3 is 3.00 bits per heavy atom. The second-order valence-electron chi connectivity index (χ2n) is 4.88. The van der Waals surface area contributed by atoms with Crippen LogP contribution in [0.4, 0.5) is 5.69 Å². The molecule has 0 saturated heterocycles. The fourth-order valence-corrected chi connectivity index (χ4v) is 2.56. The average molecular weight is 242 g/mol. The van der Waals surface area contributed by atoms with Crippen molar-refractivity contribution >= 4 is 5.69 Å². The Labute approximate surface area is 107 Å². The molecule has 3 heteroatoms. The van der Waals surface area contributed by atoms with Crippen molar-refractivity contribution in [1.82, 2.24) is 4.90 Å². The summed E-state index contributed by atoms with van der Waals surface area (Å²) in [4.78, 5) is 2.27. The maximum Gasteiger partial charge on any atom is 0.117 e. The highest BCUT2D eigenvalue weighted by Crippen LogP contribution is 2.27. The lowest BCUT2D eigenvalue weighted by Crippen LogP contribution is -2.17. The van der Waals surface area contributed by atoms with Gasteiger partial charge in [-0.25, -0.2) is 0 Å². The fraction of sp³-hybridized carbons (Fsp3) is 0.333. The van der Waals surface area contributed by atoms with Crippen molar-refractivity contribution < 1.29 is 4.42 Å². The average Bonchev–Trinajstić information content (AvgIpc) is 2.99. The van der Waals surface area contributed by atoms with Gasteiger partial charge < -0.3 is 9.73 Å². The van der Waals surface area contributed by atoms with Gasteiger partial charge in [-0.1, -0.05) is 18.2 Å². The zero-order valence-corrected chi connectivity index (χ0v) is 10.6. The van der Waals surface area contributed by atoms with Gasteiger partial charge in [0.1, 0.15) is 5.76 Å². The van der Waals surface area contributed by atoms with Crippen molar-refractivity contribution in [3.05, 3.63) is 53.5 Å². The maximum absolute atomic E-state index is 5.38. The van der Waals surface area contributed by atoms with Crippen LogP contribution in [0, 0.1) is 0 Å². The Kier molecular flexibility index (Phi) is 3.07. The van der Waals surface area contributed by atoms with Gasteiger partial charge >= 0.3 is 0 Å². The molecule has 0 aliphatic carbocycles. The lowest BCUT2D eigenvalue weighted by atomic mass is 10.1. The van der Waals surface area contributed by atoms with E-state index in [4.69, 9.17) is 4.42 Å². The Morgan fingerprint density at radius 2 is 2.17 bits per heavy atom. The summed E-state index contributed by atoms with van der Waals surface area (Å²) in [5.74, 6) is 1.01. The van der Waals surface area contributed by atoms with Crippen LogP contribution in [0.2, 0.25) is 0 Å². The molecule has 1 aliphatic heterocycles. The molecule has 94 valence electrons. The van der Waals surface area contributed by atoms with Gasteiger partial charge in [0.05, 0.1) is 12.8 Å². The second-order valence-corrected chi connectivity index (χ2v) is 4.88. The number of furan rings is 1. The van der Waals surface area contributed by atoms with Gasteiger partial charge in [0.2, 0.25) is 0 Å². The molecule has 0 unspecified atom stereocenters. The maximum atomic E-state index is 5.38. The fourth-order valence-electron chi connectivity index (χ4n) is 2.56. The summed E-state index contributed by atoms with van der Waals surface area (Å²) in [5, 5.41) is 3.48. The topological polar surface area (TPSA) is 28.4 Å². The van der Waals surface area contributed by atoms with E-state index in [-0.39, 0.29) is 0 Å². The third-order valence-electron chi connectivity index (χ3n) is 3.38. The molecule has 3 rings (SSSR count). The Bertz CT molecular complexity index is 519. The van der Waals surface area contributed by atoms with Crippen molar-refractivity contribution in [2.75, 3.05) is 18.9 Å². The zero-order chi connectivity index (χ0) is 12.4. The van der Waals surface area contributed by atoms with E-state index in [0.29, 0.717) is 0 Å². The number of para-hydroxylation sites is 1. The summed E-state index contributed by atoms with van der Waals surface area (Å²) in [7, 11) is 2.12. The van der Waals surface area contributed by atoms with Crippen molar-refractivity contribution in [2.45, 2.75) is 19.5 Å². The van der Waals surface area contributed by atoms with Crippen LogP contribution in [0.3, 0.4) is 0 Å². The first kappa shape index (κ1) is 11.4. The summed E-state index contributed by atoms with van der Waals surface area (Å²) >= 11 is 0. The van der Waals surface area contributed by atoms with Crippen LogP contribution in [-0.2, 0) is 19.5 Å². The molecule has 1 N–H and O–H groups in total. The molecular weight excluding hydrogens is 224 g/mol. The molecule has 0 saturated carbocycles. The molecule has 0 radical (unpaired) electrons. The number of hydrogen-bond acceptors (Lipinski definition) is 3. The molecule has 1 aromatic carbocycles. The molecule has 0 amide bonds. The van der Waals surface area contributed by atoms with Crippen molar-refractivity contribution in [3.8, 4) is 0 Å². The zero-order valence-electron chi connectivity index (χ0n) is 10.6. The van der Waals surface area contributed by atoms with Gasteiger partial charge in [-0.2, -0.15) is 0 Å². The number of benzene rings is 1. The van der Waals surface area contributed by atoms with Crippen LogP contribution in [-0.4, -0.2) is 18.5 Å². The first-order valence-electron chi connectivity index (χ1n) is 6.38. The number of nitrogens with zero attached hydrogens (tertiary/aromatic N) is 1. The first-order valence-corrected chi connectivity index (χ1v) is 6.38. The van der Waals surface area contributed by atoms with Crippen molar-refractivity contribution in [1.29, 1.82) is 0 Å². The third-order valence-corrected chi connectivity index (χ3v) is 3.38. The summed E-state index contributed by atoms with van der Waals surface area (Å²) in [6, 6.07) is 10.5. The van der Waals surface area contributed by atoms with Gasteiger partial charge in [-0.3, -0.25) is 4.90 Å². The number of anilines is 1. The lowest BCUT2D eigenvalue weighted by molar-refractivity contribution is 0.288. The van der Waals surface area contributed by atoms with Crippen LogP contribution in [0.1, 0.15) is 16.9 Å². The van der Waals surface area contributed by atoms with Gasteiger partial charge in [0.25, 0.3) is 0 Å². The van der Waals surface area contributed by atoms with E-state index in [9.17, 15) is 0 Å². The van der Waals surface area contributed by atoms with Crippen LogP contribution >= 0.6 is 0 Å². The van der Waals surface area contributed by atoms with E-state index in [0.717, 1.165) is 31.8 Å². The molecule has 2 heterocycles. The van der Waals surface area contributed by atoms with E-state index >= 15 is 0 Å². The standard InChI is InChI=1S/C15H18N2O/c1-17(11-14-6-3-9-18-14)10-13-5-2-4-12-7-8-16-15(12)13/h2-6,9,16H,7-8,10-11H2,1H3. The second kappa shape index (κ2) is 4.86. The Morgan fingerprint density at radius 1 is 1.22 bits per heavy atom. The van der Waals surface area contributed by atoms with Crippen LogP contribution in [0.25, 0.3) is 0 Å². The molecule has 0 bridgehead atoms. The van der Waals surface area contributed by atoms with Crippen LogP contribution in [0.15, 0.2) is 41.0 Å². The Hall–Kier alpha value is -1.74. The van der Waals surface area contributed by atoms with Gasteiger partial charge in [0, 0.05) is 18.8 Å². The first-order chi connectivity index (χ1) is 8.83. The number of fused-ring (bicyclic) bond motifs is 1. The molecule has 0 atom stereocenters. The molecule has 0 spiro atoms. The van der Waals surface area contributed by atoms with Crippen molar-refractivity contribution in [3.63, 3.8) is 0 Å². The lowest BCUT2D eigenvalue weighted by Gasteiger charge is -2.17. The van der Waals surface area contributed by atoms with Crippen LogP contribution < -0.4 is 5.32 Å². The quantitative estimate of drug-likeness (QED) is 0.893. The predicted molar refractivity (Wildman–Crippen MR) is 72.5 cm³/mol. The summed E-state index contributed by atoms with van der Waals surface area (Å²) < 4.78 is 5.38. The molecule has 1 aliphatic rings. The van der Waals surface area contributed by atoms with Gasteiger partial charge in [0.15, 0.2) is 0 Å². The summed E-state index contributed by atoms with van der Waals surface area (Å²) in [5.41, 5.74) is 4.15. The van der Waals surface area contributed by atoms with E-state index in [1.54, 1.807) is 6.26 Å². The molecule has 18 heavy (non-hydrogen) atoms. The number of hydrogen-bond donors (Lipinski definition) is 1. The highest BCUT2D eigenvalue weighted by Gasteiger charge is 2.14. The van der Waals surface area contributed by atoms with E-state index in [1.807, 2.05) is 12.1 Å². The SMILES string of the molecule is CN(Cc1ccco1)Cc1cccc2c1NCC2. The molecule has 2 aromatic rings. The molecular formula is C15H18N2O. The smallest absolute Gasteiger partial charge is 0.117 e. The molecule has 3 nitrogen and oxygen atoms in total. The predicted octanol–water partition coefficient (Wildman–Crippen LogP) is 2.88. The van der Waals surface area contributed by atoms with Gasteiger partial charge in [-0.15, -0.1) is 0 Å². The third kappa shape index (κ3) is 2.27. The summed E-state index contributed by atoms with van der Waals surface area (Å²) in [6.45, 7) is 2.85. The molecule has 0 fully saturated rings. The minimum atomic E-state index is 0.844. The van der Waals surface area contributed by atoms with Gasteiger partial charge in [-0.05, 0) is 36.7 Å². The van der Waals surface area contributed by atoms with E-state index < -0.39 is 0 Å².